The largest absolute Gasteiger partial charge is 0.491 e. The van der Waals surface area contributed by atoms with Crippen LogP contribution in [-0.2, 0) is 19.4 Å². The molecule has 0 radical (unpaired) electrons. The van der Waals surface area contributed by atoms with Crippen molar-refractivity contribution < 1.29 is 27.5 Å². The minimum Gasteiger partial charge on any atom is -0.491 e. The summed E-state index contributed by atoms with van der Waals surface area (Å²) in [4.78, 5) is 25.6. The fourth-order valence-electron chi connectivity index (χ4n) is 2.66. The van der Waals surface area contributed by atoms with Gasteiger partial charge in [0, 0.05) is 11.8 Å². The van der Waals surface area contributed by atoms with Crippen LogP contribution in [0.1, 0.15) is 42.6 Å². The van der Waals surface area contributed by atoms with Crippen LogP contribution in [0, 0.1) is 0 Å². The fraction of sp³-hybridized carbons (Fsp3) is 0.333. The summed E-state index contributed by atoms with van der Waals surface area (Å²) in [5.41, 5.74) is 0.708. The van der Waals surface area contributed by atoms with Crippen LogP contribution in [0.15, 0.2) is 53.4 Å². The van der Waals surface area contributed by atoms with Crippen molar-refractivity contribution in [2.24, 2.45) is 0 Å². The highest BCUT2D eigenvalue weighted by atomic mass is 32.2. The number of sulfone groups is 1. The second kappa shape index (κ2) is 9.01. The minimum atomic E-state index is -3.37. The Morgan fingerprint density at radius 3 is 2.00 bits per heavy atom. The molecule has 0 heterocycles. The van der Waals surface area contributed by atoms with E-state index in [-0.39, 0.29) is 23.2 Å². The second-order valence-electron chi connectivity index (χ2n) is 6.58. The average molecular weight is 404 g/mol. The number of carbonyl (C=O) groups excluding carboxylic acids is 2. The Bertz CT molecular complexity index is 928. The predicted molar refractivity (Wildman–Crippen MR) is 105 cm³/mol. The molecular formula is C21H24O6S. The van der Waals surface area contributed by atoms with Crippen molar-refractivity contribution in [2.45, 2.75) is 37.7 Å². The third kappa shape index (κ3) is 5.42. The lowest BCUT2D eigenvalue weighted by Gasteiger charge is -2.16. The summed E-state index contributed by atoms with van der Waals surface area (Å²) in [5, 5.41) is 0. The number of Topliss-reactive ketones (excluding diaryl/α,β-unsaturated/α-hetero) is 1. The van der Waals surface area contributed by atoms with Gasteiger partial charge in [0.2, 0.25) is 0 Å². The molecule has 0 aliphatic heterocycles. The lowest BCUT2D eigenvalue weighted by Crippen LogP contribution is -2.24. The van der Waals surface area contributed by atoms with E-state index >= 15 is 0 Å². The second-order valence-corrected chi connectivity index (χ2v) is 8.60. The first-order valence-corrected chi connectivity index (χ1v) is 10.8. The Morgan fingerprint density at radius 2 is 1.54 bits per heavy atom. The topological polar surface area (TPSA) is 86.7 Å². The molecule has 0 N–H and O–H groups in total. The van der Waals surface area contributed by atoms with Gasteiger partial charge >= 0.3 is 5.97 Å². The van der Waals surface area contributed by atoms with Gasteiger partial charge in [0.1, 0.15) is 11.7 Å². The van der Waals surface area contributed by atoms with Gasteiger partial charge < -0.3 is 9.47 Å². The summed E-state index contributed by atoms with van der Waals surface area (Å²) < 4.78 is 33.9. The van der Waals surface area contributed by atoms with Crippen molar-refractivity contribution in [3.8, 4) is 5.75 Å². The van der Waals surface area contributed by atoms with Gasteiger partial charge in [-0.1, -0.05) is 24.3 Å². The highest BCUT2D eigenvalue weighted by molar-refractivity contribution is 7.90. The summed E-state index contributed by atoms with van der Waals surface area (Å²) in [6, 6.07) is 12.2. The van der Waals surface area contributed by atoms with Crippen molar-refractivity contribution in [1.82, 2.24) is 0 Å². The molecule has 0 fully saturated rings. The smallest absolute Gasteiger partial charge is 0.321 e. The van der Waals surface area contributed by atoms with Crippen molar-refractivity contribution in [3.05, 3.63) is 59.7 Å². The van der Waals surface area contributed by atoms with Crippen molar-refractivity contribution >= 4 is 21.6 Å². The molecule has 2 aromatic rings. The number of ketones is 1. The molecule has 2 rings (SSSR count). The molecule has 0 bridgehead atoms. The third-order valence-electron chi connectivity index (χ3n) is 3.94. The quantitative estimate of drug-likeness (QED) is 0.381. The molecule has 0 aliphatic carbocycles. The Labute approximate surface area is 165 Å². The molecule has 0 aliphatic rings. The lowest BCUT2D eigenvalue weighted by atomic mass is 9.90. The maximum absolute atomic E-state index is 13.0. The number of benzene rings is 2. The van der Waals surface area contributed by atoms with E-state index in [0.29, 0.717) is 11.3 Å². The molecule has 0 aromatic heterocycles. The zero-order valence-electron chi connectivity index (χ0n) is 16.3. The zero-order valence-corrected chi connectivity index (χ0v) is 17.2. The van der Waals surface area contributed by atoms with Gasteiger partial charge in [0.05, 0.1) is 17.6 Å². The number of carbonyl (C=O) groups is 2. The summed E-state index contributed by atoms with van der Waals surface area (Å²) in [5.74, 6) is -1.63. The van der Waals surface area contributed by atoms with Crippen LogP contribution in [0.25, 0.3) is 0 Å². The number of rotatable bonds is 8. The van der Waals surface area contributed by atoms with Crippen LogP contribution in [0.5, 0.6) is 5.75 Å². The van der Waals surface area contributed by atoms with Crippen molar-refractivity contribution in [2.75, 3.05) is 12.9 Å². The molecule has 0 spiro atoms. The number of hydrogen-bond donors (Lipinski definition) is 0. The van der Waals surface area contributed by atoms with E-state index in [1.807, 2.05) is 13.8 Å². The van der Waals surface area contributed by atoms with Gasteiger partial charge in [-0.25, -0.2) is 8.42 Å². The normalized spacial score (nSPS) is 12.5. The Balaban J connectivity index is 2.37. The fourth-order valence-corrected chi connectivity index (χ4v) is 3.29. The first-order chi connectivity index (χ1) is 13.1. The van der Waals surface area contributed by atoms with E-state index in [9.17, 15) is 18.0 Å². The van der Waals surface area contributed by atoms with Gasteiger partial charge in [-0.2, -0.15) is 0 Å². The van der Waals surface area contributed by atoms with Crippen LogP contribution < -0.4 is 4.74 Å². The van der Waals surface area contributed by atoms with Crippen LogP contribution in [0.3, 0.4) is 0 Å². The molecule has 7 heteroatoms. The predicted octanol–water partition coefficient (Wildman–Crippen LogP) is 3.41. The van der Waals surface area contributed by atoms with E-state index in [1.165, 1.54) is 24.3 Å². The summed E-state index contributed by atoms with van der Waals surface area (Å²) >= 11 is 0. The number of ether oxygens (including phenoxy) is 2. The standard InChI is InChI=1S/C21H24O6S/c1-5-26-21(23)19(15-6-10-17(11-7-15)27-14(2)3)20(22)16-8-12-18(13-9-16)28(4,24)25/h6-14,19H,5H2,1-4H3. The molecular weight excluding hydrogens is 380 g/mol. The molecule has 0 amide bonds. The molecule has 2 aromatic carbocycles. The Kier molecular flexibility index (Phi) is 6.96. The highest BCUT2D eigenvalue weighted by Crippen LogP contribution is 2.26. The highest BCUT2D eigenvalue weighted by Gasteiger charge is 2.31. The maximum Gasteiger partial charge on any atom is 0.321 e. The van der Waals surface area contributed by atoms with Crippen molar-refractivity contribution in [3.63, 3.8) is 0 Å². The molecule has 1 atom stereocenters. The van der Waals surface area contributed by atoms with E-state index in [4.69, 9.17) is 9.47 Å². The zero-order chi connectivity index (χ0) is 20.9. The van der Waals surface area contributed by atoms with Gasteiger partial charge in [-0.15, -0.1) is 0 Å². The molecule has 28 heavy (non-hydrogen) atoms. The van der Waals surface area contributed by atoms with Gasteiger partial charge in [0.25, 0.3) is 0 Å². The van der Waals surface area contributed by atoms with E-state index in [0.717, 1.165) is 6.26 Å². The van der Waals surface area contributed by atoms with E-state index in [2.05, 4.69) is 0 Å². The number of hydrogen-bond acceptors (Lipinski definition) is 6. The van der Waals surface area contributed by atoms with Crippen LogP contribution in [0.2, 0.25) is 0 Å². The SMILES string of the molecule is CCOC(=O)C(C(=O)c1ccc(S(C)(=O)=O)cc1)c1ccc(OC(C)C)cc1. The van der Waals surface area contributed by atoms with Gasteiger partial charge in [-0.3, -0.25) is 9.59 Å². The lowest BCUT2D eigenvalue weighted by molar-refractivity contribution is -0.143. The first-order valence-electron chi connectivity index (χ1n) is 8.91. The molecule has 6 nitrogen and oxygen atoms in total. The van der Waals surface area contributed by atoms with E-state index < -0.39 is 27.5 Å². The van der Waals surface area contributed by atoms with Crippen LogP contribution in [0.4, 0.5) is 0 Å². The Morgan fingerprint density at radius 1 is 0.964 bits per heavy atom. The van der Waals surface area contributed by atoms with Crippen LogP contribution >= 0.6 is 0 Å². The maximum atomic E-state index is 13.0. The summed E-state index contributed by atoms with van der Waals surface area (Å²) in [6.45, 7) is 5.61. The minimum absolute atomic E-state index is 0.00157. The summed E-state index contributed by atoms with van der Waals surface area (Å²) in [6.07, 6.45) is 1.09. The molecule has 1 unspecified atom stereocenters. The summed E-state index contributed by atoms with van der Waals surface area (Å²) in [7, 11) is -3.37. The van der Waals surface area contributed by atoms with Crippen molar-refractivity contribution in [1.29, 1.82) is 0 Å². The van der Waals surface area contributed by atoms with E-state index in [1.54, 1.807) is 31.2 Å². The van der Waals surface area contributed by atoms with Crippen LogP contribution in [-0.4, -0.2) is 39.1 Å². The first kappa shape index (κ1) is 21.6. The third-order valence-corrected chi connectivity index (χ3v) is 5.07. The van der Waals surface area contributed by atoms with Gasteiger partial charge in [0.15, 0.2) is 15.6 Å². The molecule has 0 saturated heterocycles. The average Bonchev–Trinajstić information content (AvgIpc) is 2.62. The number of esters is 1. The molecule has 150 valence electrons. The molecule has 0 saturated carbocycles. The Hall–Kier alpha value is -2.67. The van der Waals surface area contributed by atoms with Gasteiger partial charge in [-0.05, 0) is 50.6 Å². The monoisotopic (exact) mass is 404 g/mol.